The Hall–Kier alpha value is -3.03. The predicted octanol–water partition coefficient (Wildman–Crippen LogP) is 4.37. The Balaban J connectivity index is 1.26. The van der Waals surface area contributed by atoms with Gasteiger partial charge in [-0.05, 0) is 37.1 Å². The van der Waals surface area contributed by atoms with E-state index in [1.54, 1.807) is 17.5 Å². The summed E-state index contributed by atoms with van der Waals surface area (Å²) in [4.78, 5) is 24.3. The van der Waals surface area contributed by atoms with Crippen molar-refractivity contribution in [1.82, 2.24) is 20.2 Å². The van der Waals surface area contributed by atoms with E-state index >= 15 is 0 Å². The van der Waals surface area contributed by atoms with Gasteiger partial charge in [0.2, 0.25) is 5.91 Å². The summed E-state index contributed by atoms with van der Waals surface area (Å²) in [7, 11) is 0. The molecule has 1 amide bonds. The SMILES string of the molecule is O=C(CN1CCCC(c2nc3ccccc3o2)C1)NC(c1ccccc1)c1nccs1. The van der Waals surface area contributed by atoms with Crippen LogP contribution in [0.15, 0.2) is 70.6 Å². The van der Waals surface area contributed by atoms with Crippen LogP contribution in [-0.4, -0.2) is 40.4 Å². The number of amides is 1. The maximum Gasteiger partial charge on any atom is 0.235 e. The smallest absolute Gasteiger partial charge is 0.235 e. The molecule has 1 fully saturated rings. The van der Waals surface area contributed by atoms with E-state index in [9.17, 15) is 4.79 Å². The van der Waals surface area contributed by atoms with Gasteiger partial charge in [0.1, 0.15) is 16.6 Å². The molecule has 1 aliphatic heterocycles. The van der Waals surface area contributed by atoms with E-state index in [2.05, 4.69) is 20.2 Å². The lowest BCUT2D eigenvalue weighted by Crippen LogP contribution is -2.43. The van der Waals surface area contributed by atoms with E-state index in [0.29, 0.717) is 6.54 Å². The van der Waals surface area contributed by atoms with E-state index in [0.717, 1.165) is 53.5 Å². The average Bonchev–Trinajstić information content (AvgIpc) is 3.48. The van der Waals surface area contributed by atoms with Crippen LogP contribution < -0.4 is 5.32 Å². The molecule has 2 aromatic carbocycles. The molecule has 0 bridgehead atoms. The number of piperidine rings is 1. The molecule has 2 unspecified atom stereocenters. The number of nitrogens with one attached hydrogen (secondary N) is 1. The highest BCUT2D eigenvalue weighted by Crippen LogP contribution is 2.29. The Morgan fingerprint density at radius 1 is 1.19 bits per heavy atom. The van der Waals surface area contributed by atoms with Crippen LogP contribution in [0.5, 0.6) is 0 Å². The number of carbonyl (C=O) groups excluding carboxylic acids is 1. The first-order chi connectivity index (χ1) is 15.3. The molecule has 0 spiro atoms. The maximum absolute atomic E-state index is 13.0. The van der Waals surface area contributed by atoms with Crippen molar-refractivity contribution in [2.75, 3.05) is 19.6 Å². The van der Waals surface area contributed by atoms with Crippen LogP contribution in [0.25, 0.3) is 11.1 Å². The fourth-order valence-electron chi connectivity index (χ4n) is 4.19. The number of para-hydroxylation sites is 2. The Morgan fingerprint density at radius 3 is 2.84 bits per heavy atom. The van der Waals surface area contributed by atoms with Gasteiger partial charge in [-0.25, -0.2) is 9.97 Å². The molecule has 2 atom stereocenters. The van der Waals surface area contributed by atoms with Crippen LogP contribution in [0.4, 0.5) is 0 Å². The molecule has 3 heterocycles. The zero-order valence-corrected chi connectivity index (χ0v) is 17.9. The molecule has 158 valence electrons. The standard InChI is InChI=1S/C24H24N4O2S/c29-21(27-22(24-25-12-14-31-24)17-7-2-1-3-8-17)16-28-13-6-9-18(15-28)23-26-19-10-4-5-11-20(19)30-23/h1-5,7-8,10-12,14,18,22H,6,9,13,15-16H2,(H,27,29). The summed E-state index contributed by atoms with van der Waals surface area (Å²) in [5.74, 6) is 0.983. The summed E-state index contributed by atoms with van der Waals surface area (Å²) >= 11 is 1.55. The fraction of sp³-hybridized carbons (Fsp3) is 0.292. The Kier molecular flexibility index (Phi) is 5.78. The van der Waals surface area contributed by atoms with Crippen molar-refractivity contribution in [3.8, 4) is 0 Å². The summed E-state index contributed by atoms with van der Waals surface area (Å²) in [6.45, 7) is 2.02. The highest BCUT2D eigenvalue weighted by atomic mass is 32.1. The molecule has 5 rings (SSSR count). The number of benzene rings is 2. The van der Waals surface area contributed by atoms with Crippen LogP contribution in [0, 0.1) is 0 Å². The minimum Gasteiger partial charge on any atom is -0.440 e. The lowest BCUT2D eigenvalue weighted by molar-refractivity contribution is -0.123. The largest absolute Gasteiger partial charge is 0.440 e. The van der Waals surface area contributed by atoms with Gasteiger partial charge >= 0.3 is 0 Å². The number of thiazole rings is 1. The van der Waals surface area contributed by atoms with Crippen LogP contribution >= 0.6 is 11.3 Å². The Bertz CT molecular complexity index is 1110. The highest BCUT2D eigenvalue weighted by Gasteiger charge is 2.27. The van der Waals surface area contributed by atoms with Gasteiger partial charge in [-0.1, -0.05) is 42.5 Å². The number of oxazole rings is 1. The lowest BCUT2D eigenvalue weighted by atomic mass is 9.98. The number of hydrogen-bond donors (Lipinski definition) is 1. The lowest BCUT2D eigenvalue weighted by Gasteiger charge is -2.31. The maximum atomic E-state index is 13.0. The van der Waals surface area contributed by atoms with Crippen molar-refractivity contribution in [1.29, 1.82) is 0 Å². The summed E-state index contributed by atoms with van der Waals surface area (Å²) < 4.78 is 5.99. The molecule has 6 nitrogen and oxygen atoms in total. The van der Waals surface area contributed by atoms with Gasteiger partial charge in [0.15, 0.2) is 11.5 Å². The van der Waals surface area contributed by atoms with Gasteiger partial charge in [0, 0.05) is 24.0 Å². The van der Waals surface area contributed by atoms with E-state index < -0.39 is 0 Å². The molecule has 2 aromatic heterocycles. The first kappa shape index (κ1) is 19.9. The van der Waals surface area contributed by atoms with Crippen LogP contribution in [-0.2, 0) is 4.79 Å². The average molecular weight is 433 g/mol. The monoisotopic (exact) mass is 432 g/mol. The molecular weight excluding hydrogens is 408 g/mol. The normalized spacial score (nSPS) is 18.1. The second kappa shape index (κ2) is 8.99. The second-order valence-corrected chi connectivity index (χ2v) is 8.80. The quantitative estimate of drug-likeness (QED) is 0.490. The summed E-state index contributed by atoms with van der Waals surface area (Å²) in [6.07, 6.45) is 3.82. The van der Waals surface area contributed by atoms with Gasteiger partial charge in [-0.15, -0.1) is 11.3 Å². The first-order valence-corrected chi connectivity index (χ1v) is 11.5. The second-order valence-electron chi connectivity index (χ2n) is 7.88. The molecule has 4 aromatic rings. The van der Waals surface area contributed by atoms with Gasteiger partial charge in [-0.2, -0.15) is 0 Å². The topological polar surface area (TPSA) is 71.3 Å². The third kappa shape index (κ3) is 4.52. The molecule has 1 saturated heterocycles. The molecule has 1 aliphatic rings. The number of rotatable bonds is 6. The van der Waals surface area contributed by atoms with Crippen molar-refractivity contribution >= 4 is 28.3 Å². The molecule has 0 aliphatic carbocycles. The summed E-state index contributed by atoms with van der Waals surface area (Å²) in [5.41, 5.74) is 2.75. The molecule has 1 N–H and O–H groups in total. The van der Waals surface area contributed by atoms with E-state index in [1.807, 2.05) is 60.0 Å². The first-order valence-electron chi connectivity index (χ1n) is 10.6. The van der Waals surface area contributed by atoms with Crippen LogP contribution in [0.1, 0.15) is 41.3 Å². The van der Waals surface area contributed by atoms with Crippen molar-refractivity contribution < 1.29 is 9.21 Å². The predicted molar refractivity (Wildman–Crippen MR) is 121 cm³/mol. The number of hydrogen-bond acceptors (Lipinski definition) is 6. The number of carbonyl (C=O) groups is 1. The van der Waals surface area contributed by atoms with Crippen LogP contribution in [0.2, 0.25) is 0 Å². The van der Waals surface area contributed by atoms with Gasteiger partial charge < -0.3 is 9.73 Å². The van der Waals surface area contributed by atoms with Gasteiger partial charge in [0.25, 0.3) is 0 Å². The third-order valence-corrected chi connectivity index (χ3v) is 6.51. The van der Waals surface area contributed by atoms with Crippen LogP contribution in [0.3, 0.4) is 0 Å². The van der Waals surface area contributed by atoms with Crippen molar-refractivity contribution in [3.63, 3.8) is 0 Å². The zero-order chi connectivity index (χ0) is 21.0. The van der Waals surface area contributed by atoms with Crippen molar-refractivity contribution in [2.45, 2.75) is 24.8 Å². The number of likely N-dealkylation sites (tertiary alicyclic amines) is 1. The number of nitrogens with zero attached hydrogens (tertiary/aromatic N) is 3. The minimum atomic E-state index is -0.230. The van der Waals surface area contributed by atoms with Crippen molar-refractivity contribution in [3.05, 3.63) is 82.6 Å². The van der Waals surface area contributed by atoms with Gasteiger partial charge in [0.05, 0.1) is 6.54 Å². The summed E-state index contributed by atoms with van der Waals surface area (Å²) in [5, 5.41) is 6.02. The molecular formula is C24H24N4O2S. The molecule has 0 radical (unpaired) electrons. The van der Waals surface area contributed by atoms with E-state index in [-0.39, 0.29) is 17.9 Å². The number of fused-ring (bicyclic) bond motifs is 1. The molecule has 7 heteroatoms. The molecule has 0 saturated carbocycles. The molecule has 31 heavy (non-hydrogen) atoms. The highest BCUT2D eigenvalue weighted by molar-refractivity contribution is 7.09. The fourth-order valence-corrected chi connectivity index (χ4v) is 4.90. The summed E-state index contributed by atoms with van der Waals surface area (Å²) in [6, 6.07) is 17.6. The third-order valence-electron chi connectivity index (χ3n) is 5.67. The van der Waals surface area contributed by atoms with Gasteiger partial charge in [-0.3, -0.25) is 9.69 Å². The minimum absolute atomic E-state index is 0.00210. The zero-order valence-electron chi connectivity index (χ0n) is 17.1. The number of aromatic nitrogens is 2. The Morgan fingerprint density at radius 2 is 2.03 bits per heavy atom. The van der Waals surface area contributed by atoms with E-state index in [1.165, 1.54) is 0 Å². The Labute approximate surface area is 184 Å². The van der Waals surface area contributed by atoms with E-state index in [4.69, 9.17) is 4.42 Å². The van der Waals surface area contributed by atoms with Crippen molar-refractivity contribution in [2.24, 2.45) is 0 Å².